The predicted molar refractivity (Wildman–Crippen MR) is 171 cm³/mol. The van der Waals surface area contributed by atoms with Gasteiger partial charge in [0.05, 0.1) is 20.6 Å². The Labute approximate surface area is 267 Å². The van der Waals surface area contributed by atoms with Crippen LogP contribution in [0.15, 0.2) is 65.6 Å². The first kappa shape index (κ1) is 34.0. The molecule has 0 spiro atoms. The number of aryl methyl sites for hydroxylation is 1. The Morgan fingerprint density at radius 3 is 2.10 bits per heavy atom. The molecule has 0 bridgehead atoms. The molecule has 0 aromatic heterocycles. The van der Waals surface area contributed by atoms with Crippen molar-refractivity contribution >= 4 is 73.9 Å². The molecule has 3 aromatic carbocycles. The fourth-order valence-corrected chi connectivity index (χ4v) is 6.50. The van der Waals surface area contributed by atoms with Crippen molar-refractivity contribution in [3.8, 4) is 0 Å². The maximum absolute atomic E-state index is 14.2. The summed E-state index contributed by atoms with van der Waals surface area (Å²) in [6, 6.07) is 14.6. The minimum atomic E-state index is -4.26. The highest BCUT2D eigenvalue weighted by atomic mass is 35.5. The number of nitrogens with one attached hydrogen (secondary N) is 1. The van der Waals surface area contributed by atoms with Crippen molar-refractivity contribution in [2.45, 2.75) is 57.5 Å². The van der Waals surface area contributed by atoms with E-state index in [4.69, 9.17) is 46.4 Å². The maximum atomic E-state index is 14.2. The van der Waals surface area contributed by atoms with Gasteiger partial charge in [0.25, 0.3) is 10.0 Å². The average Bonchev–Trinajstić information content (AvgIpc) is 2.95. The van der Waals surface area contributed by atoms with Crippen LogP contribution in [-0.2, 0) is 26.2 Å². The van der Waals surface area contributed by atoms with E-state index in [9.17, 15) is 18.0 Å². The minimum Gasteiger partial charge on any atom is -0.354 e. The molecule has 0 aliphatic heterocycles. The van der Waals surface area contributed by atoms with Crippen LogP contribution >= 0.6 is 46.4 Å². The summed E-state index contributed by atoms with van der Waals surface area (Å²) in [5, 5.41) is 3.86. The number of hydrogen-bond donors (Lipinski definition) is 1. The van der Waals surface area contributed by atoms with Gasteiger partial charge in [0.1, 0.15) is 12.6 Å². The number of amides is 2. The zero-order chi connectivity index (χ0) is 31.0. The molecule has 12 heteroatoms. The van der Waals surface area contributed by atoms with Crippen molar-refractivity contribution in [1.29, 1.82) is 0 Å². The molecule has 7 nitrogen and oxygen atoms in total. The van der Waals surface area contributed by atoms with E-state index < -0.39 is 28.5 Å². The van der Waals surface area contributed by atoms with E-state index in [1.807, 2.05) is 13.8 Å². The Kier molecular flexibility index (Phi) is 12.4. The second-order valence-electron chi connectivity index (χ2n) is 9.71. The lowest BCUT2D eigenvalue weighted by atomic mass is 10.1. The number of hydrogen-bond acceptors (Lipinski definition) is 4. The fourth-order valence-electron chi connectivity index (χ4n) is 4.29. The molecule has 3 aromatic rings. The van der Waals surface area contributed by atoms with E-state index in [0.717, 1.165) is 22.7 Å². The fraction of sp³-hybridized carbons (Fsp3) is 0.333. The minimum absolute atomic E-state index is 0.0166. The highest BCUT2D eigenvalue weighted by Crippen LogP contribution is 2.32. The van der Waals surface area contributed by atoms with Gasteiger partial charge in [-0.3, -0.25) is 13.9 Å². The van der Waals surface area contributed by atoms with E-state index in [0.29, 0.717) is 22.2 Å². The molecule has 0 unspecified atom stereocenters. The molecule has 0 heterocycles. The summed E-state index contributed by atoms with van der Waals surface area (Å²) in [7, 11) is -4.26. The van der Waals surface area contributed by atoms with Gasteiger partial charge < -0.3 is 10.2 Å². The zero-order valence-electron chi connectivity index (χ0n) is 23.5. The molecule has 2 amide bonds. The summed E-state index contributed by atoms with van der Waals surface area (Å²) in [6.45, 7) is 5.32. The average molecular weight is 673 g/mol. The third-order valence-corrected chi connectivity index (χ3v) is 9.92. The van der Waals surface area contributed by atoms with E-state index in [1.54, 1.807) is 37.3 Å². The monoisotopic (exact) mass is 671 g/mol. The Morgan fingerprint density at radius 2 is 1.52 bits per heavy atom. The van der Waals surface area contributed by atoms with Gasteiger partial charge in [0, 0.05) is 28.7 Å². The summed E-state index contributed by atoms with van der Waals surface area (Å²) in [5.74, 6) is -0.991. The van der Waals surface area contributed by atoms with E-state index in [1.165, 1.54) is 35.2 Å². The number of sulfonamides is 1. The number of anilines is 1. The highest BCUT2D eigenvalue weighted by molar-refractivity contribution is 7.92. The van der Waals surface area contributed by atoms with Crippen LogP contribution in [0.2, 0.25) is 20.1 Å². The van der Waals surface area contributed by atoms with Crippen LogP contribution in [0.1, 0.15) is 44.2 Å². The maximum Gasteiger partial charge on any atom is 0.264 e. The second-order valence-corrected chi connectivity index (χ2v) is 13.2. The molecule has 42 heavy (non-hydrogen) atoms. The van der Waals surface area contributed by atoms with Crippen LogP contribution in [-0.4, -0.2) is 44.3 Å². The van der Waals surface area contributed by atoms with Gasteiger partial charge in [0.15, 0.2) is 0 Å². The number of halogens is 4. The normalized spacial score (nSPS) is 12.1. The lowest BCUT2D eigenvalue weighted by Gasteiger charge is -2.33. The summed E-state index contributed by atoms with van der Waals surface area (Å²) < 4.78 is 28.9. The molecule has 1 N–H and O–H groups in total. The van der Waals surface area contributed by atoms with Gasteiger partial charge in [-0.1, -0.05) is 90.4 Å². The summed E-state index contributed by atoms with van der Waals surface area (Å²) in [4.78, 5) is 28.8. The second kappa shape index (κ2) is 15.3. The summed E-state index contributed by atoms with van der Waals surface area (Å²) in [6.07, 6.45) is 1.92. The smallest absolute Gasteiger partial charge is 0.264 e. The molecule has 0 saturated carbocycles. The third kappa shape index (κ3) is 8.32. The van der Waals surface area contributed by atoms with Gasteiger partial charge in [0.2, 0.25) is 11.8 Å². The van der Waals surface area contributed by atoms with E-state index in [2.05, 4.69) is 5.32 Å². The third-order valence-electron chi connectivity index (χ3n) is 6.68. The number of benzene rings is 3. The van der Waals surface area contributed by atoms with Gasteiger partial charge >= 0.3 is 0 Å². The first-order valence-electron chi connectivity index (χ1n) is 13.4. The molecule has 0 aliphatic rings. The Bertz CT molecular complexity index is 1500. The first-order chi connectivity index (χ1) is 19.9. The molecule has 0 saturated heterocycles. The van der Waals surface area contributed by atoms with Gasteiger partial charge in [-0.15, -0.1) is 0 Å². The van der Waals surface area contributed by atoms with Crippen molar-refractivity contribution in [3.63, 3.8) is 0 Å². The number of nitrogens with zero attached hydrogens (tertiary/aromatic N) is 2. The Balaban J connectivity index is 2.10. The molecule has 0 aliphatic carbocycles. The van der Waals surface area contributed by atoms with Crippen LogP contribution in [0.4, 0.5) is 5.69 Å². The van der Waals surface area contributed by atoms with Crippen molar-refractivity contribution in [1.82, 2.24) is 10.2 Å². The standard InChI is InChI=1S/C30H33Cl4N3O4S/c1-4-6-16-35-30(39)28(5-2)36(18-23-24(31)8-7-9-25(23)32)29(38)19-37(21-12-15-26(33)27(34)17-21)42(40,41)22-13-10-20(3)11-14-22/h7-15,17,28H,4-6,16,18-19H2,1-3H3,(H,35,39)/t28-/m1/s1. The van der Waals surface area contributed by atoms with Gasteiger partial charge in [-0.05, 0) is 62.2 Å². The summed E-state index contributed by atoms with van der Waals surface area (Å²) in [5.41, 5.74) is 1.44. The number of rotatable bonds is 13. The lowest BCUT2D eigenvalue weighted by molar-refractivity contribution is -0.140. The summed E-state index contributed by atoms with van der Waals surface area (Å²) >= 11 is 25.3. The molecular weight excluding hydrogens is 640 g/mol. The SMILES string of the molecule is CCCCNC(=O)[C@@H](CC)N(Cc1c(Cl)cccc1Cl)C(=O)CN(c1ccc(Cl)c(Cl)c1)S(=O)(=O)c1ccc(C)cc1. The van der Waals surface area contributed by atoms with Crippen molar-refractivity contribution in [2.24, 2.45) is 0 Å². The molecule has 1 atom stereocenters. The predicted octanol–water partition coefficient (Wildman–Crippen LogP) is 7.53. The zero-order valence-corrected chi connectivity index (χ0v) is 27.4. The Morgan fingerprint density at radius 1 is 0.881 bits per heavy atom. The van der Waals surface area contributed by atoms with Crippen LogP contribution in [0.3, 0.4) is 0 Å². The highest BCUT2D eigenvalue weighted by Gasteiger charge is 2.34. The van der Waals surface area contributed by atoms with Crippen LogP contribution in [0, 0.1) is 6.92 Å². The van der Waals surface area contributed by atoms with Crippen LogP contribution in [0.5, 0.6) is 0 Å². The van der Waals surface area contributed by atoms with Crippen molar-refractivity contribution in [2.75, 3.05) is 17.4 Å². The molecule has 226 valence electrons. The Hall–Kier alpha value is -2.49. The number of carbonyl (C=O) groups is 2. The largest absolute Gasteiger partial charge is 0.354 e. The first-order valence-corrected chi connectivity index (χ1v) is 16.4. The van der Waals surface area contributed by atoms with Gasteiger partial charge in [-0.25, -0.2) is 8.42 Å². The van der Waals surface area contributed by atoms with Gasteiger partial charge in [-0.2, -0.15) is 0 Å². The topological polar surface area (TPSA) is 86.8 Å². The van der Waals surface area contributed by atoms with Crippen LogP contribution < -0.4 is 9.62 Å². The molecule has 3 rings (SSSR count). The van der Waals surface area contributed by atoms with E-state index >= 15 is 0 Å². The van der Waals surface area contributed by atoms with Crippen LogP contribution in [0.25, 0.3) is 0 Å². The number of unbranched alkanes of at least 4 members (excludes halogenated alkanes) is 1. The molecule has 0 fully saturated rings. The molecule has 0 radical (unpaired) electrons. The lowest BCUT2D eigenvalue weighted by Crippen LogP contribution is -2.52. The van der Waals surface area contributed by atoms with E-state index in [-0.39, 0.29) is 39.5 Å². The number of carbonyl (C=O) groups excluding carboxylic acids is 2. The molecular formula is C30H33Cl4N3O4S. The quantitative estimate of drug-likeness (QED) is 0.190. The van der Waals surface area contributed by atoms with Crippen molar-refractivity contribution in [3.05, 3.63) is 91.9 Å². The van der Waals surface area contributed by atoms with Crippen molar-refractivity contribution < 1.29 is 18.0 Å².